The standard InChI is InChI=1S/C14H17F2N3O2/c1-3-4-5-21-13(20)8(2)19-12-7-10(16)9(15)6-11(12)18-14(19)17/h6-8H,3-5H2,1-2H3,(H2,17,18). The van der Waals surface area contributed by atoms with Gasteiger partial charge >= 0.3 is 5.97 Å². The number of aromatic nitrogens is 2. The van der Waals surface area contributed by atoms with Gasteiger partial charge in [-0.1, -0.05) is 13.3 Å². The highest BCUT2D eigenvalue weighted by atomic mass is 19.2. The van der Waals surface area contributed by atoms with E-state index < -0.39 is 23.6 Å². The summed E-state index contributed by atoms with van der Waals surface area (Å²) in [5.74, 6) is -2.50. The predicted octanol–water partition coefficient (Wildman–Crippen LogP) is 2.80. The number of carbonyl (C=O) groups excluding carboxylic acids is 1. The van der Waals surface area contributed by atoms with Crippen LogP contribution in [0.25, 0.3) is 11.0 Å². The number of esters is 1. The SMILES string of the molecule is CCCCOC(=O)C(C)n1c(N)nc2cc(F)c(F)cc21. The van der Waals surface area contributed by atoms with E-state index in [9.17, 15) is 13.6 Å². The molecule has 0 fully saturated rings. The molecule has 1 aromatic carbocycles. The van der Waals surface area contributed by atoms with E-state index in [2.05, 4.69) is 4.98 Å². The first kappa shape index (κ1) is 15.2. The van der Waals surface area contributed by atoms with Gasteiger partial charge in [0, 0.05) is 12.1 Å². The van der Waals surface area contributed by atoms with Crippen LogP contribution >= 0.6 is 0 Å². The molecule has 2 aromatic rings. The first-order chi connectivity index (χ1) is 9.95. The van der Waals surface area contributed by atoms with Crippen molar-refractivity contribution in [2.75, 3.05) is 12.3 Å². The van der Waals surface area contributed by atoms with Crippen molar-refractivity contribution in [1.82, 2.24) is 9.55 Å². The van der Waals surface area contributed by atoms with Crippen molar-refractivity contribution in [3.8, 4) is 0 Å². The van der Waals surface area contributed by atoms with Gasteiger partial charge in [0.15, 0.2) is 11.6 Å². The van der Waals surface area contributed by atoms with E-state index in [4.69, 9.17) is 10.5 Å². The summed E-state index contributed by atoms with van der Waals surface area (Å²) in [5, 5.41) is 0. The maximum atomic E-state index is 13.4. The number of nitrogens with zero attached hydrogens (tertiary/aromatic N) is 2. The molecule has 114 valence electrons. The number of hydrogen-bond acceptors (Lipinski definition) is 4. The zero-order chi connectivity index (χ0) is 15.6. The molecule has 2 N–H and O–H groups in total. The van der Waals surface area contributed by atoms with Gasteiger partial charge < -0.3 is 10.5 Å². The molecule has 0 amide bonds. The summed E-state index contributed by atoms with van der Waals surface area (Å²) in [6, 6.07) is 1.16. The Labute approximate surface area is 120 Å². The van der Waals surface area contributed by atoms with Crippen molar-refractivity contribution in [2.45, 2.75) is 32.7 Å². The highest BCUT2D eigenvalue weighted by Gasteiger charge is 2.22. The fourth-order valence-corrected chi connectivity index (χ4v) is 2.06. The number of ether oxygens (including phenoxy) is 1. The Hall–Kier alpha value is -2.18. The largest absolute Gasteiger partial charge is 0.464 e. The maximum absolute atomic E-state index is 13.4. The minimum atomic E-state index is -1.02. The molecule has 2 rings (SSSR count). The molecule has 0 saturated carbocycles. The maximum Gasteiger partial charge on any atom is 0.328 e. The molecule has 7 heteroatoms. The molecular formula is C14H17F2N3O2. The summed E-state index contributed by atoms with van der Waals surface area (Å²) >= 11 is 0. The Morgan fingerprint density at radius 3 is 2.76 bits per heavy atom. The molecule has 0 radical (unpaired) electrons. The summed E-state index contributed by atoms with van der Waals surface area (Å²) in [6.07, 6.45) is 1.67. The molecular weight excluding hydrogens is 280 g/mol. The van der Waals surface area contributed by atoms with E-state index in [1.807, 2.05) is 6.92 Å². The van der Waals surface area contributed by atoms with Gasteiger partial charge in [-0.2, -0.15) is 0 Å². The van der Waals surface area contributed by atoms with E-state index in [-0.39, 0.29) is 17.0 Å². The van der Waals surface area contributed by atoms with Crippen LogP contribution in [0.15, 0.2) is 12.1 Å². The minimum absolute atomic E-state index is 0.00921. The zero-order valence-corrected chi connectivity index (χ0v) is 11.9. The molecule has 0 bridgehead atoms. The molecule has 0 aliphatic rings. The third-order valence-corrected chi connectivity index (χ3v) is 3.23. The first-order valence-electron chi connectivity index (χ1n) is 6.74. The molecule has 0 aliphatic heterocycles. The number of halogens is 2. The van der Waals surface area contributed by atoms with Crippen LogP contribution in [-0.2, 0) is 9.53 Å². The summed E-state index contributed by atoms with van der Waals surface area (Å²) < 4.78 is 33.0. The lowest BCUT2D eigenvalue weighted by Gasteiger charge is -2.15. The Balaban J connectivity index is 2.34. The third-order valence-electron chi connectivity index (χ3n) is 3.23. The van der Waals surface area contributed by atoms with Gasteiger partial charge in [-0.15, -0.1) is 0 Å². The Morgan fingerprint density at radius 1 is 1.43 bits per heavy atom. The van der Waals surface area contributed by atoms with Crippen molar-refractivity contribution in [3.05, 3.63) is 23.8 Å². The quantitative estimate of drug-likeness (QED) is 0.680. The number of nitrogens with two attached hydrogens (primary N) is 1. The zero-order valence-electron chi connectivity index (χ0n) is 11.9. The number of anilines is 1. The van der Waals surface area contributed by atoms with E-state index in [0.717, 1.165) is 25.0 Å². The number of carbonyl (C=O) groups is 1. The Bertz CT molecular complexity index is 670. The monoisotopic (exact) mass is 297 g/mol. The number of imidazole rings is 1. The van der Waals surface area contributed by atoms with Gasteiger partial charge in [0.05, 0.1) is 17.6 Å². The number of benzene rings is 1. The van der Waals surface area contributed by atoms with Gasteiger partial charge in [0.25, 0.3) is 0 Å². The predicted molar refractivity (Wildman–Crippen MR) is 74.6 cm³/mol. The van der Waals surface area contributed by atoms with Crippen LogP contribution in [0.3, 0.4) is 0 Å². The van der Waals surface area contributed by atoms with Crippen LogP contribution in [0.5, 0.6) is 0 Å². The van der Waals surface area contributed by atoms with Gasteiger partial charge in [-0.3, -0.25) is 4.57 Å². The van der Waals surface area contributed by atoms with Crippen LogP contribution in [-0.4, -0.2) is 22.1 Å². The lowest BCUT2D eigenvalue weighted by molar-refractivity contribution is -0.147. The number of hydrogen-bond donors (Lipinski definition) is 1. The molecule has 1 heterocycles. The Kier molecular flexibility index (Phi) is 4.40. The van der Waals surface area contributed by atoms with Crippen LogP contribution in [0.4, 0.5) is 14.7 Å². The fraction of sp³-hybridized carbons (Fsp3) is 0.429. The van der Waals surface area contributed by atoms with Crippen molar-refractivity contribution in [1.29, 1.82) is 0 Å². The van der Waals surface area contributed by atoms with Gasteiger partial charge in [-0.25, -0.2) is 18.6 Å². The topological polar surface area (TPSA) is 70.1 Å². The molecule has 1 atom stereocenters. The second-order valence-electron chi connectivity index (χ2n) is 4.79. The summed E-state index contributed by atoms with van der Waals surface area (Å²) in [5.41, 5.74) is 6.20. The van der Waals surface area contributed by atoms with E-state index in [1.54, 1.807) is 6.92 Å². The van der Waals surface area contributed by atoms with E-state index in [1.165, 1.54) is 4.57 Å². The number of fused-ring (bicyclic) bond motifs is 1. The Morgan fingerprint density at radius 2 is 2.10 bits per heavy atom. The van der Waals surface area contributed by atoms with Crippen LogP contribution in [0.2, 0.25) is 0 Å². The fourth-order valence-electron chi connectivity index (χ4n) is 2.06. The van der Waals surface area contributed by atoms with E-state index >= 15 is 0 Å². The molecule has 0 aliphatic carbocycles. The van der Waals surface area contributed by atoms with Gasteiger partial charge in [-0.05, 0) is 13.3 Å². The molecule has 0 saturated heterocycles. The van der Waals surface area contributed by atoms with Crippen molar-refractivity contribution < 1.29 is 18.3 Å². The second kappa shape index (κ2) is 6.07. The van der Waals surface area contributed by atoms with Gasteiger partial charge in [0.1, 0.15) is 6.04 Å². The average molecular weight is 297 g/mol. The molecule has 5 nitrogen and oxygen atoms in total. The highest BCUT2D eigenvalue weighted by Crippen LogP contribution is 2.25. The summed E-state index contributed by atoms with van der Waals surface area (Å²) in [7, 11) is 0. The molecule has 1 aromatic heterocycles. The lowest BCUT2D eigenvalue weighted by atomic mass is 10.2. The highest BCUT2D eigenvalue weighted by molar-refractivity contribution is 5.83. The summed E-state index contributed by atoms with van der Waals surface area (Å²) in [4.78, 5) is 15.9. The number of nitrogen functional groups attached to an aromatic ring is 1. The summed E-state index contributed by atoms with van der Waals surface area (Å²) in [6.45, 7) is 3.87. The minimum Gasteiger partial charge on any atom is -0.464 e. The second-order valence-corrected chi connectivity index (χ2v) is 4.79. The normalized spacial score (nSPS) is 12.6. The molecule has 0 spiro atoms. The number of rotatable bonds is 5. The van der Waals surface area contributed by atoms with Crippen molar-refractivity contribution >= 4 is 23.0 Å². The van der Waals surface area contributed by atoms with Gasteiger partial charge in [0.2, 0.25) is 5.95 Å². The van der Waals surface area contributed by atoms with Crippen LogP contribution in [0, 0.1) is 11.6 Å². The average Bonchev–Trinajstić information content (AvgIpc) is 2.74. The third kappa shape index (κ3) is 2.96. The molecule has 1 unspecified atom stereocenters. The van der Waals surface area contributed by atoms with Crippen molar-refractivity contribution in [2.24, 2.45) is 0 Å². The number of unbranched alkanes of at least 4 members (excludes halogenated alkanes) is 1. The van der Waals surface area contributed by atoms with Crippen LogP contribution < -0.4 is 5.73 Å². The first-order valence-corrected chi connectivity index (χ1v) is 6.74. The van der Waals surface area contributed by atoms with Crippen molar-refractivity contribution in [3.63, 3.8) is 0 Å². The van der Waals surface area contributed by atoms with Crippen LogP contribution in [0.1, 0.15) is 32.7 Å². The lowest BCUT2D eigenvalue weighted by Crippen LogP contribution is -2.21. The smallest absolute Gasteiger partial charge is 0.328 e. The molecule has 21 heavy (non-hydrogen) atoms. The van der Waals surface area contributed by atoms with E-state index in [0.29, 0.717) is 6.61 Å².